The van der Waals surface area contributed by atoms with Crippen LogP contribution in [0.2, 0.25) is 0 Å². The fourth-order valence-corrected chi connectivity index (χ4v) is 3.98. The van der Waals surface area contributed by atoms with E-state index in [1.165, 1.54) is 10.4 Å². The number of nitrogens with zero attached hydrogens (tertiary/aromatic N) is 1. The molecule has 1 aromatic heterocycles. The zero-order chi connectivity index (χ0) is 13.8. The number of nitrogens with two attached hydrogens (primary N) is 1. The van der Waals surface area contributed by atoms with Gasteiger partial charge in [0.05, 0.1) is 0 Å². The van der Waals surface area contributed by atoms with Gasteiger partial charge in [0.25, 0.3) is 0 Å². The van der Waals surface area contributed by atoms with E-state index in [2.05, 4.69) is 73.5 Å². The van der Waals surface area contributed by atoms with Gasteiger partial charge in [-0.25, -0.2) is 0 Å². The largest absolute Gasteiger partial charge is 0.326 e. The fourth-order valence-electron chi connectivity index (χ4n) is 1.90. The average molecular weight is 404 g/mol. The van der Waals surface area contributed by atoms with Gasteiger partial charge in [0.15, 0.2) is 0 Å². The SMILES string of the molecule is CN(Cc1cc(Br)cs1)Cc1ccc(CN)cc1Br. The molecule has 0 spiro atoms. The van der Waals surface area contributed by atoms with E-state index in [1.807, 2.05) is 0 Å². The molecule has 5 heteroatoms. The Morgan fingerprint density at radius 3 is 2.58 bits per heavy atom. The molecule has 0 atom stereocenters. The minimum absolute atomic E-state index is 0.581. The summed E-state index contributed by atoms with van der Waals surface area (Å²) in [5.41, 5.74) is 8.08. The first-order chi connectivity index (χ1) is 9.08. The molecule has 0 unspecified atom stereocenters. The summed E-state index contributed by atoms with van der Waals surface area (Å²) in [6, 6.07) is 8.52. The number of rotatable bonds is 5. The summed E-state index contributed by atoms with van der Waals surface area (Å²) in [5.74, 6) is 0. The highest BCUT2D eigenvalue weighted by molar-refractivity contribution is 9.10. The Morgan fingerprint density at radius 1 is 1.21 bits per heavy atom. The summed E-state index contributed by atoms with van der Waals surface area (Å²) in [6.45, 7) is 2.46. The second-order valence-corrected chi connectivity index (χ2v) is 7.30. The molecule has 0 aliphatic rings. The van der Waals surface area contributed by atoms with E-state index in [-0.39, 0.29) is 0 Å². The van der Waals surface area contributed by atoms with Crippen molar-refractivity contribution in [2.45, 2.75) is 19.6 Å². The van der Waals surface area contributed by atoms with Crippen LogP contribution in [0.5, 0.6) is 0 Å². The van der Waals surface area contributed by atoms with Gasteiger partial charge in [0.1, 0.15) is 0 Å². The predicted molar refractivity (Wildman–Crippen MR) is 89.2 cm³/mol. The zero-order valence-electron chi connectivity index (χ0n) is 10.7. The third-order valence-corrected chi connectivity index (χ3v) is 5.26. The Hall–Kier alpha value is -0.200. The Kier molecular flexibility index (Phi) is 5.59. The molecule has 0 aliphatic carbocycles. The molecule has 0 amide bonds. The van der Waals surface area contributed by atoms with E-state index < -0.39 is 0 Å². The minimum atomic E-state index is 0.581. The number of benzene rings is 1. The van der Waals surface area contributed by atoms with Crippen LogP contribution >= 0.6 is 43.2 Å². The molecular formula is C14H16Br2N2S. The van der Waals surface area contributed by atoms with Crippen molar-refractivity contribution in [3.05, 3.63) is 54.6 Å². The summed E-state index contributed by atoms with van der Waals surface area (Å²) < 4.78 is 2.30. The third-order valence-electron chi connectivity index (χ3n) is 2.84. The van der Waals surface area contributed by atoms with Gasteiger partial charge in [-0.1, -0.05) is 28.1 Å². The van der Waals surface area contributed by atoms with Crippen LogP contribution in [0, 0.1) is 0 Å². The van der Waals surface area contributed by atoms with Gasteiger partial charge >= 0.3 is 0 Å². The van der Waals surface area contributed by atoms with Crippen molar-refractivity contribution < 1.29 is 0 Å². The predicted octanol–water partition coefficient (Wildman–Crippen LogP) is 4.36. The highest BCUT2D eigenvalue weighted by Gasteiger charge is 2.07. The average Bonchev–Trinajstić information content (AvgIpc) is 2.77. The quantitative estimate of drug-likeness (QED) is 0.803. The number of thiophene rings is 1. The molecule has 19 heavy (non-hydrogen) atoms. The molecule has 102 valence electrons. The van der Waals surface area contributed by atoms with Crippen LogP contribution in [-0.4, -0.2) is 11.9 Å². The van der Waals surface area contributed by atoms with Crippen LogP contribution in [0.1, 0.15) is 16.0 Å². The molecule has 2 nitrogen and oxygen atoms in total. The summed E-state index contributed by atoms with van der Waals surface area (Å²) >= 11 is 8.89. The van der Waals surface area contributed by atoms with Gasteiger partial charge in [0, 0.05) is 38.8 Å². The second kappa shape index (κ2) is 6.99. The molecule has 2 rings (SSSR count). The third kappa shape index (κ3) is 4.39. The summed E-state index contributed by atoms with van der Waals surface area (Å²) in [4.78, 5) is 3.67. The fraction of sp³-hybridized carbons (Fsp3) is 0.286. The lowest BCUT2D eigenvalue weighted by Crippen LogP contribution is -2.17. The van der Waals surface area contributed by atoms with E-state index in [1.54, 1.807) is 11.3 Å². The minimum Gasteiger partial charge on any atom is -0.326 e. The van der Waals surface area contributed by atoms with Crippen LogP contribution in [-0.2, 0) is 19.6 Å². The highest BCUT2D eigenvalue weighted by Crippen LogP contribution is 2.23. The molecule has 0 bridgehead atoms. The molecular weight excluding hydrogens is 388 g/mol. The first-order valence-electron chi connectivity index (χ1n) is 5.97. The zero-order valence-corrected chi connectivity index (χ0v) is 14.7. The topological polar surface area (TPSA) is 29.3 Å². The van der Waals surface area contributed by atoms with Crippen LogP contribution in [0.4, 0.5) is 0 Å². The monoisotopic (exact) mass is 402 g/mol. The molecule has 0 radical (unpaired) electrons. The van der Waals surface area contributed by atoms with Gasteiger partial charge in [-0.3, -0.25) is 4.90 Å². The van der Waals surface area contributed by atoms with E-state index in [9.17, 15) is 0 Å². The summed E-state index contributed by atoms with van der Waals surface area (Å²) in [6.07, 6.45) is 0. The van der Waals surface area contributed by atoms with Gasteiger partial charge in [0.2, 0.25) is 0 Å². The lowest BCUT2D eigenvalue weighted by molar-refractivity contribution is 0.321. The number of halogens is 2. The number of hydrogen-bond donors (Lipinski definition) is 1. The maximum Gasteiger partial charge on any atom is 0.0328 e. The maximum absolute atomic E-state index is 5.64. The van der Waals surface area contributed by atoms with Crippen molar-refractivity contribution in [3.8, 4) is 0 Å². The first-order valence-corrected chi connectivity index (χ1v) is 8.44. The summed E-state index contributed by atoms with van der Waals surface area (Å²) in [7, 11) is 2.14. The van der Waals surface area contributed by atoms with Crippen molar-refractivity contribution >= 4 is 43.2 Å². The smallest absolute Gasteiger partial charge is 0.0328 e. The van der Waals surface area contributed by atoms with Crippen molar-refractivity contribution in [2.24, 2.45) is 5.73 Å². The molecule has 2 N–H and O–H groups in total. The summed E-state index contributed by atoms with van der Waals surface area (Å²) in [5, 5.41) is 2.12. The van der Waals surface area contributed by atoms with Gasteiger partial charge in [-0.2, -0.15) is 0 Å². The molecule has 0 saturated heterocycles. The van der Waals surface area contributed by atoms with Crippen LogP contribution in [0.3, 0.4) is 0 Å². The van der Waals surface area contributed by atoms with E-state index in [0.717, 1.165) is 27.6 Å². The highest BCUT2D eigenvalue weighted by atomic mass is 79.9. The maximum atomic E-state index is 5.64. The van der Waals surface area contributed by atoms with Crippen molar-refractivity contribution in [1.82, 2.24) is 4.90 Å². The van der Waals surface area contributed by atoms with Crippen molar-refractivity contribution in [2.75, 3.05) is 7.05 Å². The Balaban J connectivity index is 2.00. The van der Waals surface area contributed by atoms with Crippen LogP contribution in [0.15, 0.2) is 38.6 Å². The normalized spacial score (nSPS) is 11.2. The van der Waals surface area contributed by atoms with E-state index in [4.69, 9.17) is 5.73 Å². The Labute approximate surface area is 134 Å². The standard InChI is InChI=1S/C14H16Br2N2S/c1-18(8-13-5-12(15)9-19-13)7-11-3-2-10(6-17)4-14(11)16/h2-5,9H,6-8,17H2,1H3. The van der Waals surface area contributed by atoms with Crippen molar-refractivity contribution in [3.63, 3.8) is 0 Å². The van der Waals surface area contributed by atoms with E-state index >= 15 is 0 Å². The lowest BCUT2D eigenvalue weighted by atomic mass is 10.1. The second-order valence-electron chi connectivity index (χ2n) is 4.53. The van der Waals surface area contributed by atoms with Crippen molar-refractivity contribution in [1.29, 1.82) is 0 Å². The first kappa shape index (κ1) is 15.2. The van der Waals surface area contributed by atoms with Gasteiger partial charge in [-0.05, 0) is 46.2 Å². The van der Waals surface area contributed by atoms with Gasteiger partial charge in [-0.15, -0.1) is 11.3 Å². The van der Waals surface area contributed by atoms with Crippen LogP contribution < -0.4 is 5.73 Å². The Morgan fingerprint density at radius 2 is 2.00 bits per heavy atom. The number of hydrogen-bond acceptors (Lipinski definition) is 3. The molecule has 0 saturated carbocycles. The molecule has 1 heterocycles. The van der Waals surface area contributed by atoms with Gasteiger partial charge < -0.3 is 5.73 Å². The molecule has 1 aromatic carbocycles. The molecule has 0 aliphatic heterocycles. The van der Waals surface area contributed by atoms with E-state index in [0.29, 0.717) is 6.54 Å². The Bertz CT molecular complexity index is 554. The molecule has 0 fully saturated rings. The molecule has 2 aromatic rings. The lowest BCUT2D eigenvalue weighted by Gasteiger charge is -2.17. The van der Waals surface area contributed by atoms with Crippen LogP contribution in [0.25, 0.3) is 0 Å².